The molecule has 21 heavy (non-hydrogen) atoms. The van der Waals surface area contributed by atoms with Crippen molar-refractivity contribution in [3.63, 3.8) is 0 Å². The number of anilines is 1. The molecule has 3 aromatic rings. The topological polar surface area (TPSA) is 69.6 Å². The van der Waals surface area contributed by atoms with Crippen molar-refractivity contribution in [1.29, 1.82) is 0 Å². The molecule has 3 rings (SSSR count). The van der Waals surface area contributed by atoms with Crippen LogP contribution in [-0.2, 0) is 0 Å². The van der Waals surface area contributed by atoms with Gasteiger partial charge in [0.15, 0.2) is 5.82 Å². The van der Waals surface area contributed by atoms with Gasteiger partial charge in [0.05, 0.1) is 5.69 Å². The van der Waals surface area contributed by atoms with E-state index in [2.05, 4.69) is 31.5 Å². The first-order valence-corrected chi connectivity index (χ1v) is 6.64. The van der Waals surface area contributed by atoms with Gasteiger partial charge < -0.3 is 5.73 Å². The Kier molecular flexibility index (Phi) is 3.38. The molecule has 0 atom stereocenters. The van der Waals surface area contributed by atoms with Gasteiger partial charge in [-0.1, -0.05) is 0 Å². The number of rotatable bonds is 2. The number of nitrogen functional groups attached to an aromatic ring is 1. The Balaban J connectivity index is 2.19. The van der Waals surface area contributed by atoms with E-state index in [1.807, 2.05) is 0 Å². The zero-order valence-corrected chi connectivity index (χ0v) is 12.1. The molecule has 8 heteroatoms. The SMILES string of the molecule is Nc1cc(F)cc(-c2nnnn2-c2cc(F)ccc2Br)c1. The lowest BCUT2D eigenvalue weighted by Crippen LogP contribution is -2.02. The molecule has 0 unspecified atom stereocenters. The van der Waals surface area contributed by atoms with Crippen LogP contribution >= 0.6 is 15.9 Å². The summed E-state index contributed by atoms with van der Waals surface area (Å²) in [5, 5.41) is 11.2. The van der Waals surface area contributed by atoms with Crippen molar-refractivity contribution in [2.75, 3.05) is 5.73 Å². The van der Waals surface area contributed by atoms with Gasteiger partial charge in [0.25, 0.3) is 0 Å². The number of aromatic nitrogens is 4. The van der Waals surface area contributed by atoms with Gasteiger partial charge in [0, 0.05) is 21.8 Å². The number of nitrogens with two attached hydrogens (primary N) is 1. The maximum atomic E-state index is 13.5. The molecule has 0 saturated heterocycles. The molecule has 1 aromatic heterocycles. The normalized spacial score (nSPS) is 10.8. The van der Waals surface area contributed by atoms with E-state index < -0.39 is 11.6 Å². The van der Waals surface area contributed by atoms with Crippen LogP contribution in [0.15, 0.2) is 40.9 Å². The molecular formula is C13H8BrF2N5. The molecule has 2 aromatic carbocycles. The lowest BCUT2D eigenvalue weighted by molar-refractivity contribution is 0.624. The highest BCUT2D eigenvalue weighted by Gasteiger charge is 2.15. The monoisotopic (exact) mass is 351 g/mol. The molecule has 0 saturated carbocycles. The van der Waals surface area contributed by atoms with Crippen molar-refractivity contribution in [3.8, 4) is 17.1 Å². The average Bonchev–Trinajstić information content (AvgIpc) is 2.89. The van der Waals surface area contributed by atoms with Crippen LogP contribution in [0.2, 0.25) is 0 Å². The largest absolute Gasteiger partial charge is 0.399 e. The van der Waals surface area contributed by atoms with Gasteiger partial charge >= 0.3 is 0 Å². The fourth-order valence-electron chi connectivity index (χ4n) is 1.92. The van der Waals surface area contributed by atoms with Crippen LogP contribution < -0.4 is 5.73 Å². The first-order valence-electron chi connectivity index (χ1n) is 5.85. The second-order valence-electron chi connectivity index (χ2n) is 4.28. The molecule has 0 spiro atoms. The third-order valence-corrected chi connectivity index (χ3v) is 3.45. The minimum Gasteiger partial charge on any atom is -0.399 e. The Bertz CT molecular complexity index is 798. The second-order valence-corrected chi connectivity index (χ2v) is 5.14. The summed E-state index contributed by atoms with van der Waals surface area (Å²) in [6.45, 7) is 0. The van der Waals surface area contributed by atoms with Crippen LogP contribution in [0, 0.1) is 11.6 Å². The van der Waals surface area contributed by atoms with Gasteiger partial charge in [0.1, 0.15) is 11.6 Å². The summed E-state index contributed by atoms with van der Waals surface area (Å²) in [5.41, 5.74) is 6.67. The molecule has 0 amide bonds. The van der Waals surface area contributed by atoms with Crippen LogP contribution in [0.3, 0.4) is 0 Å². The summed E-state index contributed by atoms with van der Waals surface area (Å²) in [7, 11) is 0. The van der Waals surface area contributed by atoms with Crippen LogP contribution in [0.5, 0.6) is 0 Å². The van der Waals surface area contributed by atoms with Gasteiger partial charge in [-0.2, -0.15) is 4.68 Å². The van der Waals surface area contributed by atoms with E-state index in [4.69, 9.17) is 5.73 Å². The average molecular weight is 352 g/mol. The van der Waals surface area contributed by atoms with Gasteiger partial charge in [-0.05, 0) is 56.7 Å². The number of halogens is 3. The van der Waals surface area contributed by atoms with Crippen molar-refractivity contribution in [3.05, 3.63) is 52.5 Å². The van der Waals surface area contributed by atoms with E-state index in [1.165, 1.54) is 35.0 Å². The Labute approximate surface area is 126 Å². The molecule has 0 aliphatic rings. The van der Waals surface area contributed by atoms with Crippen molar-refractivity contribution >= 4 is 21.6 Å². The number of hydrogen-bond donors (Lipinski definition) is 1. The molecule has 0 aliphatic heterocycles. The zero-order chi connectivity index (χ0) is 15.0. The predicted octanol–water partition coefficient (Wildman–Crippen LogP) is 2.95. The number of benzene rings is 2. The Morgan fingerprint density at radius 3 is 2.62 bits per heavy atom. The van der Waals surface area contributed by atoms with E-state index in [-0.39, 0.29) is 11.5 Å². The maximum absolute atomic E-state index is 13.5. The van der Waals surface area contributed by atoms with Crippen molar-refractivity contribution < 1.29 is 8.78 Å². The summed E-state index contributed by atoms with van der Waals surface area (Å²) >= 11 is 3.31. The van der Waals surface area contributed by atoms with Crippen LogP contribution in [0.4, 0.5) is 14.5 Å². The summed E-state index contributed by atoms with van der Waals surface area (Å²) < 4.78 is 28.8. The highest BCUT2D eigenvalue weighted by molar-refractivity contribution is 9.10. The van der Waals surface area contributed by atoms with Crippen molar-refractivity contribution in [2.24, 2.45) is 0 Å². The highest BCUT2D eigenvalue weighted by atomic mass is 79.9. The summed E-state index contributed by atoms with van der Waals surface area (Å²) in [6.07, 6.45) is 0. The van der Waals surface area contributed by atoms with E-state index >= 15 is 0 Å². The summed E-state index contributed by atoms with van der Waals surface area (Å²) in [5.74, 6) is -0.682. The molecule has 106 valence electrons. The van der Waals surface area contributed by atoms with Gasteiger partial charge in [-0.25, -0.2) is 8.78 Å². The molecule has 1 heterocycles. The number of nitrogens with zero attached hydrogens (tertiary/aromatic N) is 4. The first-order chi connectivity index (χ1) is 10.0. The minimum atomic E-state index is -0.502. The molecule has 0 bridgehead atoms. The smallest absolute Gasteiger partial charge is 0.187 e. The molecule has 0 fully saturated rings. The fourth-order valence-corrected chi connectivity index (χ4v) is 2.33. The Morgan fingerprint density at radius 2 is 1.86 bits per heavy atom. The van der Waals surface area contributed by atoms with Crippen molar-refractivity contribution in [1.82, 2.24) is 20.2 Å². The highest BCUT2D eigenvalue weighted by Crippen LogP contribution is 2.27. The van der Waals surface area contributed by atoms with E-state index in [0.717, 1.165) is 0 Å². The molecule has 2 N–H and O–H groups in total. The Hall–Kier alpha value is -2.35. The quantitative estimate of drug-likeness (QED) is 0.720. The van der Waals surface area contributed by atoms with E-state index in [0.29, 0.717) is 15.7 Å². The van der Waals surface area contributed by atoms with E-state index in [1.54, 1.807) is 6.07 Å². The van der Waals surface area contributed by atoms with Crippen molar-refractivity contribution in [2.45, 2.75) is 0 Å². The Morgan fingerprint density at radius 1 is 1.05 bits per heavy atom. The van der Waals surface area contributed by atoms with Gasteiger partial charge in [-0.15, -0.1) is 5.10 Å². The lowest BCUT2D eigenvalue weighted by Gasteiger charge is -2.07. The predicted molar refractivity (Wildman–Crippen MR) is 76.6 cm³/mol. The summed E-state index contributed by atoms with van der Waals surface area (Å²) in [4.78, 5) is 0. The van der Waals surface area contributed by atoms with E-state index in [9.17, 15) is 8.78 Å². The number of hydrogen-bond acceptors (Lipinski definition) is 4. The third-order valence-electron chi connectivity index (χ3n) is 2.78. The minimum absolute atomic E-state index is 0.248. The van der Waals surface area contributed by atoms with Gasteiger partial charge in [-0.3, -0.25) is 0 Å². The van der Waals surface area contributed by atoms with Crippen LogP contribution in [0.25, 0.3) is 17.1 Å². The van der Waals surface area contributed by atoms with Crippen LogP contribution in [0.1, 0.15) is 0 Å². The first kappa shape index (κ1) is 13.6. The molecular weight excluding hydrogens is 344 g/mol. The zero-order valence-electron chi connectivity index (χ0n) is 10.5. The van der Waals surface area contributed by atoms with Gasteiger partial charge in [0.2, 0.25) is 0 Å². The molecule has 5 nitrogen and oxygen atoms in total. The maximum Gasteiger partial charge on any atom is 0.187 e. The number of tetrazole rings is 1. The second kappa shape index (κ2) is 5.21. The standard InChI is InChI=1S/C13H8BrF2N5/c14-11-2-1-8(15)6-12(11)21-13(18-19-20-21)7-3-9(16)5-10(17)4-7/h1-6H,17H2. The summed E-state index contributed by atoms with van der Waals surface area (Å²) in [6, 6.07) is 8.10. The third kappa shape index (κ3) is 2.62. The molecule has 0 radical (unpaired) electrons. The molecule has 0 aliphatic carbocycles. The fraction of sp³-hybridized carbons (Fsp3) is 0. The van der Waals surface area contributed by atoms with Crippen LogP contribution in [-0.4, -0.2) is 20.2 Å². The lowest BCUT2D eigenvalue weighted by atomic mass is 10.2.